The quantitative estimate of drug-likeness (QED) is 0.254. The van der Waals surface area contributed by atoms with E-state index in [1.165, 1.54) is 36.4 Å². The standard InChI is InChI=1S/C24H24N2O5/c1-5-9-17(7-3)21-15-19(25(27)28)11-13-23(21)31-24-14-12-20(26(29)30)16-22(24)18(8-4)10-6-2/h3-4,11-18H,5-6,9-10H2,1-2H3. The van der Waals surface area contributed by atoms with Crippen LogP contribution in [0.4, 0.5) is 11.4 Å². The van der Waals surface area contributed by atoms with Crippen LogP contribution < -0.4 is 4.74 Å². The summed E-state index contributed by atoms with van der Waals surface area (Å²) in [7, 11) is 0. The molecule has 2 rings (SSSR count). The fraction of sp³-hybridized carbons (Fsp3) is 0.333. The molecule has 0 aliphatic carbocycles. The molecule has 31 heavy (non-hydrogen) atoms. The van der Waals surface area contributed by atoms with Crippen molar-refractivity contribution in [2.24, 2.45) is 0 Å². The van der Waals surface area contributed by atoms with Crippen molar-refractivity contribution >= 4 is 11.4 Å². The number of terminal acetylenes is 2. The summed E-state index contributed by atoms with van der Waals surface area (Å²) in [5.41, 5.74) is 0.872. The molecule has 0 bridgehead atoms. The number of hydrogen-bond acceptors (Lipinski definition) is 5. The highest BCUT2D eigenvalue weighted by Crippen LogP contribution is 2.39. The molecular weight excluding hydrogens is 396 g/mol. The summed E-state index contributed by atoms with van der Waals surface area (Å²) >= 11 is 0. The van der Waals surface area contributed by atoms with Crippen LogP contribution in [-0.4, -0.2) is 9.85 Å². The zero-order chi connectivity index (χ0) is 23.0. The zero-order valence-corrected chi connectivity index (χ0v) is 17.5. The lowest BCUT2D eigenvalue weighted by atomic mass is 9.93. The Kier molecular flexibility index (Phi) is 8.16. The van der Waals surface area contributed by atoms with Crippen molar-refractivity contribution in [1.29, 1.82) is 0 Å². The topological polar surface area (TPSA) is 95.5 Å². The maximum atomic E-state index is 11.3. The van der Waals surface area contributed by atoms with Crippen LogP contribution in [0, 0.1) is 44.9 Å². The van der Waals surface area contributed by atoms with E-state index >= 15 is 0 Å². The molecule has 0 radical (unpaired) electrons. The highest BCUT2D eigenvalue weighted by Gasteiger charge is 2.22. The van der Waals surface area contributed by atoms with Crippen molar-refractivity contribution in [3.8, 4) is 36.2 Å². The molecule has 0 N–H and O–H groups in total. The molecular formula is C24H24N2O5. The molecule has 0 saturated carbocycles. The van der Waals surface area contributed by atoms with E-state index in [1.54, 1.807) is 0 Å². The van der Waals surface area contributed by atoms with Gasteiger partial charge in [-0.25, -0.2) is 0 Å². The molecule has 0 amide bonds. The van der Waals surface area contributed by atoms with Crippen molar-refractivity contribution in [1.82, 2.24) is 0 Å². The molecule has 0 heterocycles. The largest absolute Gasteiger partial charge is 0.457 e. The molecule has 7 heteroatoms. The molecule has 2 aromatic rings. The first-order valence-electron chi connectivity index (χ1n) is 10.0. The molecule has 2 atom stereocenters. The van der Waals surface area contributed by atoms with Crippen LogP contribution in [0.15, 0.2) is 36.4 Å². The molecule has 7 nitrogen and oxygen atoms in total. The average Bonchev–Trinajstić information content (AvgIpc) is 2.76. The van der Waals surface area contributed by atoms with Gasteiger partial charge in [0.05, 0.1) is 9.85 Å². The first-order valence-corrected chi connectivity index (χ1v) is 10.0. The monoisotopic (exact) mass is 420 g/mol. The van der Waals surface area contributed by atoms with E-state index < -0.39 is 9.85 Å². The maximum absolute atomic E-state index is 11.3. The van der Waals surface area contributed by atoms with Gasteiger partial charge in [0.2, 0.25) is 0 Å². The van der Waals surface area contributed by atoms with E-state index in [9.17, 15) is 20.2 Å². The fourth-order valence-electron chi connectivity index (χ4n) is 3.38. The second kappa shape index (κ2) is 10.8. The van der Waals surface area contributed by atoms with Gasteiger partial charge < -0.3 is 4.74 Å². The van der Waals surface area contributed by atoms with Gasteiger partial charge in [0.15, 0.2) is 0 Å². The molecule has 160 valence electrons. The molecule has 0 spiro atoms. The van der Waals surface area contributed by atoms with Crippen LogP contribution in [0.5, 0.6) is 11.5 Å². The number of nitrogens with zero attached hydrogens (tertiary/aromatic N) is 2. The minimum atomic E-state index is -0.486. The number of non-ortho nitro benzene ring substituents is 2. The molecule has 0 aliphatic rings. The highest BCUT2D eigenvalue weighted by atomic mass is 16.6. The molecule has 2 unspecified atom stereocenters. The van der Waals surface area contributed by atoms with Gasteiger partial charge in [0.1, 0.15) is 11.5 Å². The Hall–Kier alpha value is -3.84. The minimum Gasteiger partial charge on any atom is -0.457 e. The normalized spacial score (nSPS) is 12.3. The minimum absolute atomic E-state index is 0.0879. The van der Waals surface area contributed by atoms with Crippen molar-refractivity contribution in [2.45, 2.75) is 51.4 Å². The third-order valence-corrected chi connectivity index (χ3v) is 4.94. The second-order valence-electron chi connectivity index (χ2n) is 7.08. The summed E-state index contributed by atoms with van der Waals surface area (Å²) in [5, 5.41) is 22.5. The summed E-state index contributed by atoms with van der Waals surface area (Å²) in [5.74, 6) is 5.34. The Morgan fingerprint density at radius 3 is 1.52 bits per heavy atom. The Morgan fingerprint density at radius 2 is 1.23 bits per heavy atom. The smallest absolute Gasteiger partial charge is 0.270 e. The van der Waals surface area contributed by atoms with Crippen LogP contribution in [-0.2, 0) is 0 Å². The first-order chi connectivity index (χ1) is 14.9. The van der Waals surface area contributed by atoms with Crippen molar-refractivity contribution in [2.75, 3.05) is 0 Å². The van der Waals surface area contributed by atoms with Gasteiger partial charge in [0, 0.05) is 47.2 Å². The fourth-order valence-corrected chi connectivity index (χ4v) is 3.38. The van der Waals surface area contributed by atoms with Crippen LogP contribution in [0.2, 0.25) is 0 Å². The Labute approximate surface area is 181 Å². The lowest BCUT2D eigenvalue weighted by molar-refractivity contribution is -0.385. The average molecular weight is 420 g/mol. The Bertz CT molecular complexity index is 965. The van der Waals surface area contributed by atoms with Gasteiger partial charge >= 0.3 is 0 Å². The van der Waals surface area contributed by atoms with Crippen LogP contribution in [0.25, 0.3) is 0 Å². The van der Waals surface area contributed by atoms with Gasteiger partial charge in [-0.1, -0.05) is 38.5 Å². The van der Waals surface area contributed by atoms with Crippen LogP contribution in [0.3, 0.4) is 0 Å². The maximum Gasteiger partial charge on any atom is 0.270 e. The Balaban J connectivity index is 2.61. The van der Waals surface area contributed by atoms with E-state index in [2.05, 4.69) is 11.8 Å². The number of benzene rings is 2. The lowest BCUT2D eigenvalue weighted by Crippen LogP contribution is -2.04. The van der Waals surface area contributed by atoms with Crippen molar-refractivity contribution in [3.05, 3.63) is 67.8 Å². The van der Waals surface area contributed by atoms with Gasteiger partial charge in [-0.3, -0.25) is 20.2 Å². The second-order valence-corrected chi connectivity index (χ2v) is 7.08. The predicted molar refractivity (Wildman–Crippen MR) is 119 cm³/mol. The third kappa shape index (κ3) is 5.61. The first kappa shape index (κ1) is 23.4. The van der Waals surface area contributed by atoms with E-state index in [-0.39, 0.29) is 23.2 Å². The van der Waals surface area contributed by atoms with Gasteiger partial charge in [-0.05, 0) is 25.0 Å². The van der Waals surface area contributed by atoms with E-state index in [4.69, 9.17) is 17.6 Å². The summed E-state index contributed by atoms with van der Waals surface area (Å²) in [4.78, 5) is 21.6. The van der Waals surface area contributed by atoms with Gasteiger partial charge in [0.25, 0.3) is 11.4 Å². The highest BCUT2D eigenvalue weighted by molar-refractivity contribution is 5.53. The molecule has 2 aromatic carbocycles. The molecule has 0 fully saturated rings. The molecule has 0 saturated heterocycles. The number of hydrogen-bond donors (Lipinski definition) is 0. The van der Waals surface area contributed by atoms with Crippen LogP contribution >= 0.6 is 0 Å². The van der Waals surface area contributed by atoms with E-state index in [0.29, 0.717) is 35.5 Å². The van der Waals surface area contributed by atoms with E-state index in [1.807, 2.05) is 13.8 Å². The number of rotatable bonds is 10. The summed E-state index contributed by atoms with van der Waals surface area (Å²) in [6.45, 7) is 3.94. The zero-order valence-electron chi connectivity index (χ0n) is 17.5. The summed E-state index contributed by atoms with van der Waals surface area (Å²) in [6, 6.07) is 8.53. The van der Waals surface area contributed by atoms with Gasteiger partial charge in [-0.15, -0.1) is 12.8 Å². The predicted octanol–water partition coefficient (Wildman–Crippen LogP) is 6.33. The third-order valence-electron chi connectivity index (χ3n) is 4.94. The van der Waals surface area contributed by atoms with Crippen molar-refractivity contribution in [3.63, 3.8) is 0 Å². The lowest BCUT2D eigenvalue weighted by Gasteiger charge is -2.19. The number of nitro benzene ring substituents is 2. The number of nitro groups is 2. The van der Waals surface area contributed by atoms with Gasteiger partial charge in [-0.2, -0.15) is 0 Å². The van der Waals surface area contributed by atoms with Crippen LogP contribution in [0.1, 0.15) is 62.5 Å². The van der Waals surface area contributed by atoms with Crippen molar-refractivity contribution < 1.29 is 14.6 Å². The molecule has 0 aliphatic heterocycles. The summed E-state index contributed by atoms with van der Waals surface area (Å²) < 4.78 is 6.13. The molecule has 0 aromatic heterocycles. The Morgan fingerprint density at radius 1 is 0.839 bits per heavy atom. The van der Waals surface area contributed by atoms with E-state index in [0.717, 1.165) is 12.8 Å². The summed E-state index contributed by atoms with van der Waals surface area (Å²) in [6.07, 6.45) is 14.2. The number of ether oxygens (including phenoxy) is 1. The SMILES string of the molecule is C#CC(CCC)c1cc([N+](=O)[O-])ccc1Oc1ccc([N+](=O)[O-])cc1C(C#C)CCC.